The maximum absolute atomic E-state index is 5.18. The first kappa shape index (κ1) is 11.2. The van der Waals surface area contributed by atoms with Gasteiger partial charge in [-0.1, -0.05) is 0 Å². The fourth-order valence-electron chi connectivity index (χ4n) is 2.50. The standard InChI is InChI=1S/C15H12N4O/c1-20-11-4-2-10(3-5-11)14-13-8-17-15-12(6-7-16-15)19(13)9-18-14/h2-8H,9H2,1H3. The molecule has 0 radical (unpaired) electrons. The first-order valence-corrected chi connectivity index (χ1v) is 6.36. The van der Waals surface area contributed by atoms with Crippen LogP contribution in [0.2, 0.25) is 0 Å². The molecular formula is C15H12N4O. The van der Waals surface area contributed by atoms with Gasteiger partial charge in [-0.25, -0.2) is 9.97 Å². The molecule has 20 heavy (non-hydrogen) atoms. The molecule has 0 atom stereocenters. The van der Waals surface area contributed by atoms with Crippen molar-refractivity contribution in [3.8, 4) is 17.3 Å². The molecule has 3 aliphatic rings. The van der Waals surface area contributed by atoms with Crippen LogP contribution in [0.5, 0.6) is 5.75 Å². The van der Waals surface area contributed by atoms with Crippen molar-refractivity contribution in [3.63, 3.8) is 0 Å². The second kappa shape index (κ2) is 4.16. The summed E-state index contributed by atoms with van der Waals surface area (Å²) in [5.41, 5.74) is 4.08. The Hall–Kier alpha value is -2.69. The summed E-state index contributed by atoms with van der Waals surface area (Å²) >= 11 is 0. The van der Waals surface area contributed by atoms with E-state index in [1.54, 1.807) is 13.3 Å². The van der Waals surface area contributed by atoms with Crippen molar-refractivity contribution < 1.29 is 4.74 Å². The Morgan fingerprint density at radius 1 is 1.05 bits per heavy atom. The minimum atomic E-state index is 0.613. The van der Waals surface area contributed by atoms with Crippen LogP contribution in [0.3, 0.4) is 0 Å². The molecule has 0 saturated carbocycles. The molecule has 0 saturated heterocycles. The van der Waals surface area contributed by atoms with Crippen LogP contribution in [0.15, 0.2) is 47.7 Å². The highest BCUT2D eigenvalue weighted by molar-refractivity contribution is 6.12. The molecular weight excluding hydrogens is 252 g/mol. The van der Waals surface area contributed by atoms with Crippen LogP contribution >= 0.6 is 0 Å². The van der Waals surface area contributed by atoms with Gasteiger partial charge in [0.1, 0.15) is 12.4 Å². The third-order valence-electron chi connectivity index (χ3n) is 3.53. The summed E-state index contributed by atoms with van der Waals surface area (Å²) in [7, 11) is 1.66. The van der Waals surface area contributed by atoms with E-state index in [1.165, 1.54) is 0 Å². The predicted molar refractivity (Wildman–Crippen MR) is 75.3 cm³/mol. The lowest BCUT2D eigenvalue weighted by atomic mass is 10.1. The average Bonchev–Trinajstić information content (AvgIpc) is 3.13. The minimum Gasteiger partial charge on any atom is -0.497 e. The number of benzene rings is 1. The smallest absolute Gasteiger partial charge is 0.176 e. The lowest BCUT2D eigenvalue weighted by Gasteiger charge is -2.09. The molecule has 4 rings (SSSR count). The van der Waals surface area contributed by atoms with Gasteiger partial charge in [0.05, 0.1) is 30.4 Å². The first-order chi connectivity index (χ1) is 9.86. The maximum Gasteiger partial charge on any atom is 0.176 e. The summed E-state index contributed by atoms with van der Waals surface area (Å²) in [5, 5.41) is 0. The topological polar surface area (TPSA) is 52.3 Å². The third-order valence-corrected chi connectivity index (χ3v) is 3.53. The van der Waals surface area contributed by atoms with Crippen LogP contribution in [-0.2, 0) is 6.67 Å². The van der Waals surface area contributed by atoms with Gasteiger partial charge in [0.25, 0.3) is 0 Å². The molecule has 0 bridgehead atoms. The van der Waals surface area contributed by atoms with Crippen LogP contribution in [0.25, 0.3) is 11.5 Å². The van der Waals surface area contributed by atoms with Gasteiger partial charge in [-0.3, -0.25) is 4.99 Å². The van der Waals surface area contributed by atoms with E-state index in [9.17, 15) is 0 Å². The Balaban J connectivity index is 1.81. The van der Waals surface area contributed by atoms with E-state index >= 15 is 0 Å². The molecule has 3 heterocycles. The SMILES string of the molecule is COc1ccc(C2=NCn3c2cnc2nccc3-2)cc1. The Labute approximate surface area is 115 Å². The van der Waals surface area contributed by atoms with Crippen molar-refractivity contribution in [2.24, 2.45) is 4.99 Å². The molecule has 0 unspecified atom stereocenters. The summed E-state index contributed by atoms with van der Waals surface area (Å²) in [6.45, 7) is 0.613. The van der Waals surface area contributed by atoms with Crippen LogP contribution < -0.4 is 4.74 Å². The molecule has 0 N–H and O–H groups in total. The second-order valence-corrected chi connectivity index (χ2v) is 4.60. The van der Waals surface area contributed by atoms with Crippen LogP contribution in [-0.4, -0.2) is 27.4 Å². The number of aromatic nitrogens is 3. The number of rotatable bonds is 2. The summed E-state index contributed by atoms with van der Waals surface area (Å²) in [4.78, 5) is 13.2. The number of hydrogen-bond donors (Lipinski definition) is 0. The lowest BCUT2D eigenvalue weighted by Crippen LogP contribution is -2.09. The zero-order chi connectivity index (χ0) is 13.5. The van der Waals surface area contributed by atoms with Gasteiger partial charge in [0, 0.05) is 11.8 Å². The molecule has 98 valence electrons. The average molecular weight is 264 g/mol. The van der Waals surface area contributed by atoms with E-state index < -0.39 is 0 Å². The number of aliphatic imine (C=N–C) groups is 1. The van der Waals surface area contributed by atoms with E-state index in [2.05, 4.69) is 19.5 Å². The monoisotopic (exact) mass is 264 g/mol. The maximum atomic E-state index is 5.18. The molecule has 5 heteroatoms. The second-order valence-electron chi connectivity index (χ2n) is 4.60. The van der Waals surface area contributed by atoms with Crippen molar-refractivity contribution >= 4 is 5.71 Å². The molecule has 5 nitrogen and oxygen atoms in total. The molecule has 0 fully saturated rings. The Kier molecular flexibility index (Phi) is 2.32. The van der Waals surface area contributed by atoms with Crippen LogP contribution in [0, 0.1) is 0 Å². The highest BCUT2D eigenvalue weighted by Gasteiger charge is 2.22. The van der Waals surface area contributed by atoms with Crippen molar-refractivity contribution in [3.05, 3.63) is 54.0 Å². The molecule has 0 aromatic heterocycles. The predicted octanol–water partition coefficient (Wildman–Crippen LogP) is 2.20. The Morgan fingerprint density at radius 2 is 1.90 bits per heavy atom. The number of methoxy groups -OCH3 is 1. The molecule has 0 aliphatic carbocycles. The van der Waals surface area contributed by atoms with Crippen molar-refractivity contribution in [1.29, 1.82) is 0 Å². The van der Waals surface area contributed by atoms with Gasteiger partial charge in [-0.05, 0) is 30.3 Å². The molecule has 0 amide bonds. The number of ether oxygens (including phenoxy) is 1. The molecule has 1 aromatic rings. The largest absolute Gasteiger partial charge is 0.497 e. The zero-order valence-corrected chi connectivity index (χ0v) is 10.9. The van der Waals surface area contributed by atoms with Crippen molar-refractivity contribution in [2.45, 2.75) is 6.67 Å². The van der Waals surface area contributed by atoms with Gasteiger partial charge >= 0.3 is 0 Å². The van der Waals surface area contributed by atoms with Gasteiger partial charge in [0.15, 0.2) is 5.82 Å². The summed E-state index contributed by atoms with van der Waals surface area (Å²) < 4.78 is 7.32. The van der Waals surface area contributed by atoms with Crippen LogP contribution in [0.4, 0.5) is 0 Å². The summed E-state index contributed by atoms with van der Waals surface area (Å²) in [6, 6.07) is 9.88. The molecule has 3 aliphatic heterocycles. The number of nitrogens with zero attached hydrogens (tertiary/aromatic N) is 4. The zero-order valence-electron chi connectivity index (χ0n) is 10.9. The van der Waals surface area contributed by atoms with E-state index in [0.717, 1.165) is 34.2 Å². The van der Waals surface area contributed by atoms with Crippen molar-refractivity contribution in [1.82, 2.24) is 14.5 Å². The van der Waals surface area contributed by atoms with E-state index in [1.807, 2.05) is 36.5 Å². The third kappa shape index (κ3) is 1.53. The minimum absolute atomic E-state index is 0.613. The molecule has 1 aromatic carbocycles. The first-order valence-electron chi connectivity index (χ1n) is 6.36. The quantitative estimate of drug-likeness (QED) is 0.713. The highest BCUT2D eigenvalue weighted by atomic mass is 16.5. The van der Waals surface area contributed by atoms with E-state index in [4.69, 9.17) is 4.74 Å². The van der Waals surface area contributed by atoms with Crippen molar-refractivity contribution in [2.75, 3.05) is 7.11 Å². The molecule has 0 spiro atoms. The van der Waals surface area contributed by atoms with E-state index in [-0.39, 0.29) is 0 Å². The van der Waals surface area contributed by atoms with Gasteiger partial charge in [-0.15, -0.1) is 0 Å². The lowest BCUT2D eigenvalue weighted by molar-refractivity contribution is 0.415. The van der Waals surface area contributed by atoms with Crippen LogP contribution in [0.1, 0.15) is 11.3 Å². The van der Waals surface area contributed by atoms with E-state index in [0.29, 0.717) is 6.67 Å². The fourth-order valence-corrected chi connectivity index (χ4v) is 2.50. The Morgan fingerprint density at radius 3 is 2.70 bits per heavy atom. The normalized spacial score (nSPS) is 13.3. The van der Waals surface area contributed by atoms with Gasteiger partial charge < -0.3 is 9.30 Å². The summed E-state index contributed by atoms with van der Waals surface area (Å²) in [5.74, 6) is 1.61. The highest BCUT2D eigenvalue weighted by Crippen LogP contribution is 2.26. The Bertz CT molecular complexity index is 773. The number of hydrogen-bond acceptors (Lipinski definition) is 4. The van der Waals surface area contributed by atoms with Gasteiger partial charge in [0.2, 0.25) is 0 Å². The number of fused-ring (bicyclic) bond motifs is 3. The fraction of sp³-hybridized carbons (Fsp3) is 0.133. The van der Waals surface area contributed by atoms with Gasteiger partial charge in [-0.2, -0.15) is 0 Å². The summed E-state index contributed by atoms with van der Waals surface area (Å²) in [6.07, 6.45) is 3.61.